The fourth-order valence-electron chi connectivity index (χ4n) is 5.08. The summed E-state index contributed by atoms with van der Waals surface area (Å²) >= 11 is 0. The largest absolute Gasteiger partial charge is 0.394 e. The Kier molecular flexibility index (Phi) is 6.64. The van der Waals surface area contributed by atoms with E-state index in [0.717, 1.165) is 38.4 Å². The number of nitrogens with one attached hydrogen (secondary N) is 1. The van der Waals surface area contributed by atoms with Crippen LogP contribution in [0.4, 0.5) is 24.7 Å². The van der Waals surface area contributed by atoms with E-state index < -0.39 is 27.8 Å². The summed E-state index contributed by atoms with van der Waals surface area (Å²) in [5.74, 6) is -1.61. The molecule has 2 aromatic rings. The van der Waals surface area contributed by atoms with Crippen LogP contribution in [0, 0.1) is 5.92 Å². The van der Waals surface area contributed by atoms with Crippen LogP contribution in [0.15, 0.2) is 35.4 Å². The topological polar surface area (TPSA) is 110 Å². The molecule has 2 aliphatic rings. The minimum absolute atomic E-state index is 0.0626. The minimum Gasteiger partial charge on any atom is -0.365 e. The molecule has 35 heavy (non-hydrogen) atoms. The van der Waals surface area contributed by atoms with Crippen molar-refractivity contribution in [2.75, 3.05) is 24.7 Å². The molecule has 8 nitrogen and oxygen atoms in total. The molecule has 1 saturated heterocycles. The van der Waals surface area contributed by atoms with Crippen molar-refractivity contribution >= 4 is 27.2 Å². The second-order valence-electron chi connectivity index (χ2n) is 9.62. The van der Waals surface area contributed by atoms with Crippen LogP contribution in [-0.2, 0) is 15.4 Å². The van der Waals surface area contributed by atoms with Crippen molar-refractivity contribution < 1.29 is 26.4 Å². The Hall–Kier alpha value is -2.60. The number of benzene rings is 1. The smallest absolute Gasteiger partial charge is 0.365 e. The van der Waals surface area contributed by atoms with Crippen LogP contribution in [0.1, 0.15) is 49.4 Å². The standard InChI is InChI=1S/C23H30F3N5O3S/c1-3-22(10-8-17(9-11-22)30-12-15(13-30)23(24,25)26)31-14-19(20(27)32)21(29-31)28-16-4-6-18(7-5-16)35(2,33)34/h4-7,14-15,17H,3,8-13H2,1-2H3,(H2,27,32)(H,28,29)/t17-,22-. The lowest BCUT2D eigenvalue weighted by molar-refractivity contribution is -0.215. The van der Waals surface area contributed by atoms with Gasteiger partial charge in [-0.25, -0.2) is 8.42 Å². The van der Waals surface area contributed by atoms with Crippen LogP contribution < -0.4 is 11.1 Å². The minimum atomic E-state index is -4.13. The predicted octanol–water partition coefficient (Wildman–Crippen LogP) is 3.67. The SMILES string of the molecule is CC[C@]1(n2cc(C(N)=O)c(Nc3ccc(S(C)(=O)=O)cc3)n2)CC[C@H](N2CC(C(F)(F)F)C2)CC1. The molecule has 12 heteroatoms. The first-order chi connectivity index (χ1) is 16.3. The van der Waals surface area contributed by atoms with Crippen molar-refractivity contribution in [3.05, 3.63) is 36.0 Å². The number of hydrogen-bond donors (Lipinski definition) is 2. The Labute approximate surface area is 202 Å². The normalized spacial score (nSPS) is 24.2. The summed E-state index contributed by atoms with van der Waals surface area (Å²) in [6.07, 6.45) is 2.31. The van der Waals surface area contributed by atoms with Gasteiger partial charge in [0.2, 0.25) is 0 Å². The maximum absolute atomic E-state index is 12.9. The Morgan fingerprint density at radius 3 is 2.29 bits per heavy atom. The quantitative estimate of drug-likeness (QED) is 0.585. The number of carbonyl (C=O) groups is 1. The van der Waals surface area contributed by atoms with Crippen molar-refractivity contribution in [2.24, 2.45) is 11.7 Å². The summed E-state index contributed by atoms with van der Waals surface area (Å²) in [7, 11) is -3.34. The number of rotatable bonds is 7. The molecule has 1 aromatic heterocycles. The molecular formula is C23H30F3N5O3S. The number of aromatic nitrogens is 2. The number of nitrogens with zero attached hydrogens (tertiary/aromatic N) is 3. The van der Waals surface area contributed by atoms with Gasteiger partial charge in [-0.3, -0.25) is 14.4 Å². The van der Waals surface area contributed by atoms with Crippen LogP contribution in [0.3, 0.4) is 0 Å². The molecule has 1 amide bonds. The fraction of sp³-hybridized carbons (Fsp3) is 0.565. The number of primary amides is 1. The van der Waals surface area contributed by atoms with Gasteiger partial charge in [0.15, 0.2) is 15.7 Å². The number of anilines is 2. The highest BCUT2D eigenvalue weighted by Crippen LogP contribution is 2.43. The third-order valence-corrected chi connectivity index (χ3v) is 8.57. The number of hydrogen-bond acceptors (Lipinski definition) is 6. The van der Waals surface area contributed by atoms with Crippen LogP contribution in [0.2, 0.25) is 0 Å². The Balaban J connectivity index is 1.49. The van der Waals surface area contributed by atoms with Crippen molar-refractivity contribution in [2.45, 2.75) is 61.7 Å². The second-order valence-corrected chi connectivity index (χ2v) is 11.6. The number of carbonyl (C=O) groups excluding carboxylic acids is 1. The van der Waals surface area contributed by atoms with Crippen molar-refractivity contribution in [1.82, 2.24) is 14.7 Å². The number of sulfone groups is 1. The first-order valence-corrected chi connectivity index (χ1v) is 13.5. The van der Waals surface area contributed by atoms with Crippen molar-refractivity contribution in [3.8, 4) is 0 Å². The van der Waals surface area contributed by atoms with Crippen LogP contribution in [-0.4, -0.2) is 60.6 Å². The van der Waals surface area contributed by atoms with Gasteiger partial charge in [-0.05, 0) is 56.4 Å². The molecule has 3 N–H and O–H groups in total. The summed E-state index contributed by atoms with van der Waals surface area (Å²) in [5, 5.41) is 7.69. The number of likely N-dealkylation sites (tertiary alicyclic amines) is 1. The van der Waals surface area contributed by atoms with Crippen molar-refractivity contribution in [3.63, 3.8) is 0 Å². The van der Waals surface area contributed by atoms with Gasteiger partial charge >= 0.3 is 6.18 Å². The second kappa shape index (κ2) is 9.12. The van der Waals surface area contributed by atoms with Crippen LogP contribution in [0.25, 0.3) is 0 Å². The van der Waals surface area contributed by atoms with E-state index in [2.05, 4.69) is 10.4 Å². The van der Waals surface area contributed by atoms with E-state index in [1.165, 1.54) is 12.1 Å². The highest BCUT2D eigenvalue weighted by atomic mass is 32.2. The summed E-state index contributed by atoms with van der Waals surface area (Å²) in [4.78, 5) is 14.2. The fourth-order valence-corrected chi connectivity index (χ4v) is 5.71. The molecule has 2 fully saturated rings. The molecule has 0 radical (unpaired) electrons. The molecule has 1 saturated carbocycles. The van der Waals surface area contributed by atoms with Gasteiger partial charge in [-0.2, -0.15) is 18.3 Å². The summed E-state index contributed by atoms with van der Waals surface area (Å²) in [6, 6.07) is 6.22. The average molecular weight is 514 g/mol. The van der Waals surface area contributed by atoms with Gasteiger partial charge in [0.1, 0.15) is 5.56 Å². The summed E-state index contributed by atoms with van der Waals surface area (Å²) < 4.78 is 63.7. The number of nitrogens with two attached hydrogens (primary N) is 1. The zero-order valence-corrected chi connectivity index (χ0v) is 20.5. The molecule has 0 bridgehead atoms. The Bertz CT molecular complexity index is 1180. The third-order valence-electron chi connectivity index (χ3n) is 7.44. The number of amides is 1. The zero-order valence-electron chi connectivity index (χ0n) is 19.7. The molecular weight excluding hydrogens is 483 g/mol. The molecule has 192 valence electrons. The van der Waals surface area contributed by atoms with E-state index in [1.807, 2.05) is 11.8 Å². The van der Waals surface area contributed by atoms with Crippen LogP contribution >= 0.6 is 0 Å². The zero-order chi connectivity index (χ0) is 25.6. The van der Waals surface area contributed by atoms with Gasteiger partial charge in [0.05, 0.1) is 16.4 Å². The van der Waals surface area contributed by atoms with Gasteiger partial charge in [0, 0.05) is 37.3 Å². The molecule has 0 spiro atoms. The molecule has 0 atom stereocenters. The molecule has 2 heterocycles. The third kappa shape index (κ3) is 5.18. The van der Waals surface area contributed by atoms with E-state index in [1.54, 1.807) is 23.0 Å². The highest BCUT2D eigenvalue weighted by molar-refractivity contribution is 7.90. The van der Waals surface area contributed by atoms with E-state index in [4.69, 9.17) is 5.73 Å². The maximum atomic E-state index is 12.9. The van der Waals surface area contributed by atoms with Gasteiger partial charge < -0.3 is 11.1 Å². The van der Waals surface area contributed by atoms with Gasteiger partial charge in [-0.1, -0.05) is 6.92 Å². The first kappa shape index (κ1) is 25.5. The lowest BCUT2D eigenvalue weighted by Crippen LogP contribution is -2.58. The maximum Gasteiger partial charge on any atom is 0.394 e. The highest BCUT2D eigenvalue weighted by Gasteiger charge is 2.50. The average Bonchev–Trinajstić information content (AvgIpc) is 3.17. The van der Waals surface area contributed by atoms with Gasteiger partial charge in [-0.15, -0.1) is 0 Å². The lowest BCUT2D eigenvalue weighted by Gasteiger charge is -2.49. The van der Waals surface area contributed by atoms with E-state index >= 15 is 0 Å². The molecule has 1 aromatic carbocycles. The molecule has 1 aliphatic heterocycles. The summed E-state index contributed by atoms with van der Waals surface area (Å²) in [6.45, 7) is 2.16. The van der Waals surface area contributed by atoms with E-state index in [-0.39, 0.29) is 40.9 Å². The molecule has 4 rings (SSSR count). The van der Waals surface area contributed by atoms with Crippen LogP contribution in [0.5, 0.6) is 0 Å². The van der Waals surface area contributed by atoms with E-state index in [9.17, 15) is 26.4 Å². The Morgan fingerprint density at radius 2 is 1.80 bits per heavy atom. The molecule has 1 aliphatic carbocycles. The molecule has 0 unspecified atom stereocenters. The number of alkyl halides is 3. The predicted molar refractivity (Wildman–Crippen MR) is 125 cm³/mol. The summed E-state index contributed by atoms with van der Waals surface area (Å²) in [5.41, 5.74) is 6.00. The van der Waals surface area contributed by atoms with Gasteiger partial charge in [0.25, 0.3) is 5.91 Å². The first-order valence-electron chi connectivity index (χ1n) is 11.6. The number of halogens is 3. The monoisotopic (exact) mass is 513 g/mol. The van der Waals surface area contributed by atoms with E-state index in [0.29, 0.717) is 5.69 Å². The Morgan fingerprint density at radius 1 is 1.20 bits per heavy atom. The lowest BCUT2D eigenvalue weighted by atomic mass is 9.76. The van der Waals surface area contributed by atoms with Crippen molar-refractivity contribution in [1.29, 1.82) is 0 Å².